The second kappa shape index (κ2) is 5.08. The van der Waals surface area contributed by atoms with Gasteiger partial charge in [0.2, 0.25) is 0 Å². The van der Waals surface area contributed by atoms with E-state index in [-0.39, 0.29) is 0 Å². The Morgan fingerprint density at radius 2 is 1.89 bits per heavy atom. The van der Waals surface area contributed by atoms with Gasteiger partial charge in [0.1, 0.15) is 0 Å². The van der Waals surface area contributed by atoms with Crippen molar-refractivity contribution < 1.29 is 9.90 Å². The first-order valence-electron chi connectivity index (χ1n) is 6.92. The van der Waals surface area contributed by atoms with Gasteiger partial charge in [-0.3, -0.25) is 0 Å². The van der Waals surface area contributed by atoms with E-state index in [0.717, 1.165) is 30.3 Å². The fourth-order valence-corrected chi connectivity index (χ4v) is 3.00. The summed E-state index contributed by atoms with van der Waals surface area (Å²) < 4.78 is 2.30. The first kappa shape index (κ1) is 13.7. The third-order valence-corrected chi connectivity index (χ3v) is 3.92. The normalized spacial score (nSPS) is 11.2. The Hall–Kier alpha value is -1.77. The smallest absolute Gasteiger partial charge is 0.335 e. The maximum absolute atomic E-state index is 11.3. The molecule has 0 aliphatic rings. The molecule has 102 valence electrons. The summed E-state index contributed by atoms with van der Waals surface area (Å²) in [5.41, 5.74) is 5.27. The Balaban J connectivity index is 2.93. The van der Waals surface area contributed by atoms with Crippen molar-refractivity contribution in [1.29, 1.82) is 0 Å². The lowest BCUT2D eigenvalue weighted by molar-refractivity contribution is 0.0697. The molecule has 0 aliphatic carbocycles. The van der Waals surface area contributed by atoms with Gasteiger partial charge < -0.3 is 9.67 Å². The Labute approximate surface area is 113 Å². The molecule has 1 heterocycles. The van der Waals surface area contributed by atoms with E-state index in [1.807, 2.05) is 12.1 Å². The average molecular weight is 259 g/mol. The predicted molar refractivity (Wildman–Crippen MR) is 78.1 cm³/mol. The Bertz CT molecular complexity index is 638. The Kier molecular flexibility index (Phi) is 3.65. The number of carbonyl (C=O) groups is 1. The number of aromatic nitrogens is 1. The van der Waals surface area contributed by atoms with Gasteiger partial charge in [0.15, 0.2) is 0 Å². The van der Waals surface area contributed by atoms with Crippen LogP contribution in [0.2, 0.25) is 0 Å². The zero-order valence-corrected chi connectivity index (χ0v) is 12.1. The van der Waals surface area contributed by atoms with Crippen molar-refractivity contribution in [3.05, 3.63) is 34.5 Å². The number of aryl methyl sites for hydroxylation is 3. The van der Waals surface area contributed by atoms with Crippen molar-refractivity contribution in [1.82, 2.24) is 4.57 Å². The fraction of sp³-hybridized carbons (Fsp3) is 0.438. The van der Waals surface area contributed by atoms with Crippen LogP contribution in [0.4, 0.5) is 0 Å². The predicted octanol–water partition coefficient (Wildman–Crippen LogP) is 3.79. The van der Waals surface area contributed by atoms with Gasteiger partial charge in [-0.15, -0.1) is 0 Å². The zero-order chi connectivity index (χ0) is 14.2. The average Bonchev–Trinajstić information content (AvgIpc) is 2.68. The second-order valence-corrected chi connectivity index (χ2v) is 4.85. The second-order valence-electron chi connectivity index (χ2n) is 4.85. The van der Waals surface area contributed by atoms with Crippen LogP contribution in [0.1, 0.15) is 48.0 Å². The maximum Gasteiger partial charge on any atom is 0.335 e. The monoisotopic (exact) mass is 259 g/mol. The summed E-state index contributed by atoms with van der Waals surface area (Å²) in [4.78, 5) is 11.3. The van der Waals surface area contributed by atoms with Crippen LogP contribution in [0.25, 0.3) is 10.9 Å². The molecule has 0 bridgehead atoms. The topological polar surface area (TPSA) is 42.2 Å². The zero-order valence-electron chi connectivity index (χ0n) is 12.1. The third-order valence-electron chi connectivity index (χ3n) is 3.92. The van der Waals surface area contributed by atoms with Crippen LogP contribution in [-0.4, -0.2) is 15.6 Å². The van der Waals surface area contributed by atoms with Gasteiger partial charge in [-0.05, 0) is 49.9 Å². The van der Waals surface area contributed by atoms with Gasteiger partial charge in [0.05, 0.1) is 11.1 Å². The van der Waals surface area contributed by atoms with Crippen LogP contribution in [0.15, 0.2) is 12.1 Å². The number of carboxylic acid groups (broad SMARTS) is 1. The van der Waals surface area contributed by atoms with E-state index in [1.54, 1.807) is 0 Å². The Morgan fingerprint density at radius 1 is 1.21 bits per heavy atom. The molecule has 0 saturated carbocycles. The quantitative estimate of drug-likeness (QED) is 0.907. The van der Waals surface area contributed by atoms with Gasteiger partial charge in [-0.1, -0.05) is 13.8 Å². The number of carboxylic acids is 1. The van der Waals surface area contributed by atoms with E-state index >= 15 is 0 Å². The van der Waals surface area contributed by atoms with Gasteiger partial charge in [-0.2, -0.15) is 0 Å². The highest BCUT2D eigenvalue weighted by atomic mass is 16.4. The molecule has 0 aliphatic heterocycles. The number of hydrogen-bond donors (Lipinski definition) is 1. The van der Waals surface area contributed by atoms with E-state index in [1.165, 1.54) is 16.8 Å². The minimum atomic E-state index is -0.847. The van der Waals surface area contributed by atoms with Crippen molar-refractivity contribution in [2.75, 3.05) is 0 Å². The van der Waals surface area contributed by atoms with Gasteiger partial charge >= 0.3 is 5.97 Å². The molecule has 3 heteroatoms. The van der Waals surface area contributed by atoms with Gasteiger partial charge in [-0.25, -0.2) is 4.79 Å². The van der Waals surface area contributed by atoms with E-state index in [4.69, 9.17) is 0 Å². The lowest BCUT2D eigenvalue weighted by Gasteiger charge is -2.09. The van der Waals surface area contributed by atoms with E-state index in [9.17, 15) is 9.90 Å². The number of hydrogen-bond acceptors (Lipinski definition) is 1. The number of rotatable bonds is 4. The summed E-state index contributed by atoms with van der Waals surface area (Å²) >= 11 is 0. The fourth-order valence-electron chi connectivity index (χ4n) is 3.00. The summed E-state index contributed by atoms with van der Waals surface area (Å²) in [6.45, 7) is 9.38. The molecule has 0 atom stereocenters. The van der Waals surface area contributed by atoms with Crippen LogP contribution in [0.3, 0.4) is 0 Å². The Morgan fingerprint density at radius 3 is 2.37 bits per heavy atom. The van der Waals surface area contributed by atoms with Crippen LogP contribution >= 0.6 is 0 Å². The standard InChI is InChI=1S/C16H21NO2/c1-5-11-8-12(16(18)19)9-14-13(6-2)10(4)17(7-3)15(11)14/h8-9H,5-7H2,1-4H3,(H,18,19). The molecule has 19 heavy (non-hydrogen) atoms. The maximum atomic E-state index is 11.3. The van der Waals surface area contributed by atoms with E-state index in [2.05, 4.69) is 32.3 Å². The summed E-state index contributed by atoms with van der Waals surface area (Å²) in [6, 6.07) is 3.64. The van der Waals surface area contributed by atoms with E-state index in [0.29, 0.717) is 5.56 Å². The minimum absolute atomic E-state index is 0.396. The van der Waals surface area contributed by atoms with E-state index < -0.39 is 5.97 Å². The van der Waals surface area contributed by atoms with Gasteiger partial charge in [0.25, 0.3) is 0 Å². The molecule has 0 radical (unpaired) electrons. The van der Waals surface area contributed by atoms with Crippen molar-refractivity contribution in [2.24, 2.45) is 0 Å². The van der Waals surface area contributed by atoms with Crippen LogP contribution in [0, 0.1) is 6.92 Å². The third kappa shape index (κ3) is 2.03. The van der Waals surface area contributed by atoms with Crippen molar-refractivity contribution in [3.63, 3.8) is 0 Å². The molecule has 2 rings (SSSR count). The molecule has 1 aromatic heterocycles. The van der Waals surface area contributed by atoms with Crippen LogP contribution < -0.4 is 0 Å². The number of fused-ring (bicyclic) bond motifs is 1. The highest BCUT2D eigenvalue weighted by Gasteiger charge is 2.17. The molecular formula is C16H21NO2. The molecule has 0 fully saturated rings. The highest BCUT2D eigenvalue weighted by Crippen LogP contribution is 2.30. The summed E-state index contributed by atoms with van der Waals surface area (Å²) in [7, 11) is 0. The number of nitrogens with zero attached hydrogens (tertiary/aromatic N) is 1. The highest BCUT2D eigenvalue weighted by molar-refractivity contribution is 5.97. The molecule has 1 N–H and O–H groups in total. The number of aromatic carboxylic acids is 1. The summed E-state index contributed by atoms with van der Waals surface area (Å²) in [6.07, 6.45) is 1.78. The van der Waals surface area contributed by atoms with Crippen molar-refractivity contribution >= 4 is 16.9 Å². The molecule has 0 unspecified atom stereocenters. The largest absolute Gasteiger partial charge is 0.478 e. The molecule has 0 saturated heterocycles. The SMILES string of the molecule is CCc1c(C)n(CC)c2c(CC)cc(C(=O)O)cc12. The van der Waals surface area contributed by atoms with Crippen LogP contribution in [0.5, 0.6) is 0 Å². The van der Waals surface area contributed by atoms with Gasteiger partial charge in [0, 0.05) is 17.6 Å². The molecule has 0 spiro atoms. The summed E-state index contributed by atoms with van der Waals surface area (Å²) in [5, 5.41) is 10.4. The first-order chi connectivity index (χ1) is 9.04. The molecular weight excluding hydrogens is 238 g/mol. The summed E-state index contributed by atoms with van der Waals surface area (Å²) in [5.74, 6) is -0.847. The van der Waals surface area contributed by atoms with Crippen molar-refractivity contribution in [3.8, 4) is 0 Å². The van der Waals surface area contributed by atoms with Crippen molar-refractivity contribution in [2.45, 2.75) is 47.1 Å². The number of benzene rings is 1. The molecule has 2 aromatic rings. The first-order valence-corrected chi connectivity index (χ1v) is 6.92. The molecule has 3 nitrogen and oxygen atoms in total. The molecule has 0 amide bonds. The molecule has 1 aromatic carbocycles. The lowest BCUT2D eigenvalue weighted by atomic mass is 10.0. The minimum Gasteiger partial charge on any atom is -0.478 e. The lowest BCUT2D eigenvalue weighted by Crippen LogP contribution is -2.01. The van der Waals surface area contributed by atoms with Crippen LogP contribution in [-0.2, 0) is 19.4 Å².